The van der Waals surface area contributed by atoms with Crippen LogP contribution in [0, 0.1) is 5.41 Å². The number of halogens is 1. The largest absolute Gasteiger partial charge is 0.356 e. The Balaban J connectivity index is 2.26. The predicted octanol–water partition coefficient (Wildman–Crippen LogP) is 1.49. The summed E-state index contributed by atoms with van der Waals surface area (Å²) in [5.41, 5.74) is 4.70. The lowest BCUT2D eigenvalue weighted by Crippen LogP contribution is -2.42. The number of rotatable bonds is 5. The number of hydrogen-bond acceptors (Lipinski definition) is 3. The van der Waals surface area contributed by atoms with E-state index >= 15 is 0 Å². The van der Waals surface area contributed by atoms with E-state index in [9.17, 15) is 14.4 Å². The lowest BCUT2D eigenvalue weighted by atomic mass is 9.96. The number of nitrogens with one attached hydrogen (secondary N) is 3. The summed E-state index contributed by atoms with van der Waals surface area (Å²) >= 11 is 3.28. The molecule has 0 spiro atoms. The number of amides is 3. The second kappa shape index (κ2) is 8.14. The molecule has 0 fully saturated rings. The Morgan fingerprint density at radius 2 is 1.87 bits per heavy atom. The molecule has 0 saturated carbocycles. The highest BCUT2D eigenvalue weighted by atomic mass is 79.9. The number of aromatic nitrogens is 1. The van der Waals surface area contributed by atoms with Gasteiger partial charge < -0.3 is 9.88 Å². The molecule has 0 atom stereocenters. The van der Waals surface area contributed by atoms with Gasteiger partial charge in [0, 0.05) is 36.1 Å². The SMILES string of the molecule is Cn1cc(Br)cc1C(=O)NNC(=O)CCCNC(=O)C(C)(C)C. The van der Waals surface area contributed by atoms with Crippen molar-refractivity contribution in [2.45, 2.75) is 33.6 Å². The summed E-state index contributed by atoms with van der Waals surface area (Å²) in [5.74, 6) is -0.760. The Labute approximate surface area is 144 Å². The minimum Gasteiger partial charge on any atom is -0.356 e. The van der Waals surface area contributed by atoms with Crippen molar-refractivity contribution in [3.63, 3.8) is 0 Å². The first-order chi connectivity index (χ1) is 10.6. The van der Waals surface area contributed by atoms with Crippen LogP contribution in [0.2, 0.25) is 0 Å². The van der Waals surface area contributed by atoms with E-state index in [4.69, 9.17) is 0 Å². The van der Waals surface area contributed by atoms with E-state index in [1.54, 1.807) is 23.9 Å². The zero-order valence-electron chi connectivity index (χ0n) is 13.8. The molecule has 1 heterocycles. The quantitative estimate of drug-likeness (QED) is 0.528. The molecule has 0 bridgehead atoms. The van der Waals surface area contributed by atoms with Crippen LogP contribution >= 0.6 is 15.9 Å². The van der Waals surface area contributed by atoms with Crippen molar-refractivity contribution in [3.8, 4) is 0 Å². The van der Waals surface area contributed by atoms with E-state index in [0.29, 0.717) is 18.7 Å². The maximum absolute atomic E-state index is 11.9. The van der Waals surface area contributed by atoms with Gasteiger partial charge in [0.25, 0.3) is 5.91 Å². The van der Waals surface area contributed by atoms with Crippen molar-refractivity contribution >= 4 is 33.7 Å². The van der Waals surface area contributed by atoms with Crippen LogP contribution < -0.4 is 16.2 Å². The molecule has 0 saturated heterocycles. The molecule has 3 N–H and O–H groups in total. The number of carbonyl (C=O) groups is 3. The average molecular weight is 387 g/mol. The highest BCUT2D eigenvalue weighted by Gasteiger charge is 2.20. The van der Waals surface area contributed by atoms with Crippen LogP contribution in [-0.2, 0) is 16.6 Å². The molecule has 0 aliphatic rings. The third-order valence-electron chi connectivity index (χ3n) is 3.07. The average Bonchev–Trinajstić information content (AvgIpc) is 2.78. The minimum atomic E-state index is -0.445. The number of hydrazine groups is 1. The molecule has 0 radical (unpaired) electrons. The highest BCUT2D eigenvalue weighted by Crippen LogP contribution is 2.13. The Morgan fingerprint density at radius 3 is 2.39 bits per heavy atom. The fraction of sp³-hybridized carbons (Fsp3) is 0.533. The van der Waals surface area contributed by atoms with Crippen molar-refractivity contribution in [1.29, 1.82) is 0 Å². The monoisotopic (exact) mass is 386 g/mol. The fourth-order valence-electron chi connectivity index (χ4n) is 1.72. The van der Waals surface area contributed by atoms with Gasteiger partial charge in [-0.1, -0.05) is 20.8 Å². The van der Waals surface area contributed by atoms with E-state index < -0.39 is 11.3 Å². The third kappa shape index (κ3) is 6.43. The molecule has 1 aromatic heterocycles. The van der Waals surface area contributed by atoms with Crippen molar-refractivity contribution in [2.24, 2.45) is 12.5 Å². The molecule has 128 valence electrons. The number of carbonyl (C=O) groups excluding carboxylic acids is 3. The standard InChI is InChI=1S/C15H23BrN4O3/c1-15(2,3)14(23)17-7-5-6-12(21)18-19-13(22)11-8-10(16)9-20(11)4/h8-9H,5-7H2,1-4H3,(H,17,23)(H,18,21)(H,19,22). The first-order valence-corrected chi connectivity index (χ1v) is 8.10. The highest BCUT2D eigenvalue weighted by molar-refractivity contribution is 9.10. The van der Waals surface area contributed by atoms with E-state index in [-0.39, 0.29) is 18.2 Å². The van der Waals surface area contributed by atoms with Crippen LogP contribution in [0.5, 0.6) is 0 Å². The van der Waals surface area contributed by atoms with Gasteiger partial charge in [-0.05, 0) is 28.4 Å². The summed E-state index contributed by atoms with van der Waals surface area (Å²) in [7, 11) is 1.74. The smallest absolute Gasteiger partial charge is 0.286 e. The number of hydrogen-bond donors (Lipinski definition) is 3. The van der Waals surface area contributed by atoms with Crippen molar-refractivity contribution in [2.75, 3.05) is 6.54 Å². The molecule has 3 amide bonds. The van der Waals surface area contributed by atoms with Crippen LogP contribution in [0.25, 0.3) is 0 Å². The number of aryl methyl sites for hydroxylation is 1. The van der Waals surface area contributed by atoms with E-state index in [1.807, 2.05) is 20.8 Å². The molecule has 1 rings (SSSR count). The van der Waals surface area contributed by atoms with Crippen molar-refractivity contribution < 1.29 is 14.4 Å². The Kier molecular flexibility index (Phi) is 6.80. The van der Waals surface area contributed by atoms with Gasteiger partial charge in [-0.15, -0.1) is 0 Å². The second-order valence-corrected chi connectivity index (χ2v) is 7.18. The van der Waals surface area contributed by atoms with Gasteiger partial charge in [0.05, 0.1) is 0 Å². The van der Waals surface area contributed by atoms with Crippen LogP contribution in [0.1, 0.15) is 44.1 Å². The molecular weight excluding hydrogens is 364 g/mol. The summed E-state index contributed by atoms with van der Waals surface area (Å²) in [4.78, 5) is 35.2. The van der Waals surface area contributed by atoms with Crippen molar-refractivity contribution in [1.82, 2.24) is 20.7 Å². The maximum Gasteiger partial charge on any atom is 0.286 e. The second-order valence-electron chi connectivity index (χ2n) is 6.27. The molecule has 0 aromatic carbocycles. The zero-order chi connectivity index (χ0) is 17.6. The number of nitrogens with zero attached hydrogens (tertiary/aromatic N) is 1. The summed E-state index contributed by atoms with van der Waals surface area (Å²) in [5, 5.41) is 2.76. The van der Waals surface area contributed by atoms with Gasteiger partial charge in [-0.2, -0.15) is 0 Å². The molecule has 1 aromatic rings. The molecule has 7 nitrogen and oxygen atoms in total. The molecule has 23 heavy (non-hydrogen) atoms. The molecule has 0 aliphatic carbocycles. The summed E-state index contributed by atoms with van der Waals surface area (Å²) in [6, 6.07) is 1.66. The topological polar surface area (TPSA) is 92.2 Å². The minimum absolute atomic E-state index is 0.0551. The third-order valence-corrected chi connectivity index (χ3v) is 3.50. The Morgan fingerprint density at radius 1 is 1.22 bits per heavy atom. The Bertz CT molecular complexity index is 590. The molecule has 8 heteroatoms. The maximum atomic E-state index is 11.9. The summed E-state index contributed by atoms with van der Waals surface area (Å²) in [6.07, 6.45) is 2.45. The normalized spacial score (nSPS) is 11.0. The zero-order valence-corrected chi connectivity index (χ0v) is 15.4. The molecule has 0 aliphatic heterocycles. The molecule has 0 unspecified atom stereocenters. The summed E-state index contributed by atoms with van der Waals surface area (Å²) in [6.45, 7) is 5.90. The van der Waals surface area contributed by atoms with Gasteiger partial charge in [0.15, 0.2) is 0 Å². The van der Waals surface area contributed by atoms with Gasteiger partial charge in [-0.25, -0.2) is 0 Å². The van der Waals surface area contributed by atoms with Crippen LogP contribution in [0.3, 0.4) is 0 Å². The van der Waals surface area contributed by atoms with E-state index in [2.05, 4.69) is 32.1 Å². The van der Waals surface area contributed by atoms with Crippen LogP contribution in [0.4, 0.5) is 0 Å². The fourth-order valence-corrected chi connectivity index (χ4v) is 2.24. The first-order valence-electron chi connectivity index (χ1n) is 7.30. The van der Waals surface area contributed by atoms with Crippen LogP contribution in [-0.4, -0.2) is 28.8 Å². The summed E-state index contributed by atoms with van der Waals surface area (Å²) < 4.78 is 2.43. The Hall–Kier alpha value is -1.83. The first kappa shape index (κ1) is 19.2. The van der Waals surface area contributed by atoms with Gasteiger partial charge >= 0.3 is 0 Å². The van der Waals surface area contributed by atoms with Gasteiger partial charge in [-0.3, -0.25) is 25.2 Å². The lowest BCUT2D eigenvalue weighted by Gasteiger charge is -2.17. The molecular formula is C15H23BrN4O3. The lowest BCUT2D eigenvalue weighted by molar-refractivity contribution is -0.128. The van der Waals surface area contributed by atoms with E-state index in [0.717, 1.165) is 4.47 Å². The van der Waals surface area contributed by atoms with E-state index in [1.165, 1.54) is 0 Å². The van der Waals surface area contributed by atoms with Gasteiger partial charge in [0.1, 0.15) is 5.69 Å². The van der Waals surface area contributed by atoms with Crippen molar-refractivity contribution in [3.05, 3.63) is 22.4 Å². The van der Waals surface area contributed by atoms with Gasteiger partial charge in [0.2, 0.25) is 11.8 Å². The predicted molar refractivity (Wildman–Crippen MR) is 90.4 cm³/mol. The van der Waals surface area contributed by atoms with Crippen LogP contribution in [0.15, 0.2) is 16.7 Å².